The Labute approximate surface area is 96.0 Å². The molecule has 1 rings (SSSR count). The number of nitrogens with two attached hydrogens (primary N) is 2. The molecule has 0 atom stereocenters. The van der Waals surface area contributed by atoms with Crippen LogP contribution in [-0.4, -0.2) is 17.3 Å². The normalized spacial score (nSPS) is 10.5. The van der Waals surface area contributed by atoms with Crippen LogP contribution >= 0.6 is 23.2 Å². The monoisotopic (exact) mass is 246 g/mol. The van der Waals surface area contributed by atoms with Gasteiger partial charge in [-0.25, -0.2) is 0 Å². The van der Waals surface area contributed by atoms with E-state index in [-0.39, 0.29) is 16.7 Å². The zero-order valence-corrected chi connectivity index (χ0v) is 9.00. The van der Waals surface area contributed by atoms with Crippen molar-refractivity contribution in [2.24, 2.45) is 21.7 Å². The summed E-state index contributed by atoms with van der Waals surface area (Å²) in [5.41, 5.74) is 10.4. The van der Waals surface area contributed by atoms with Crippen molar-refractivity contribution in [3.63, 3.8) is 0 Å². The van der Waals surface area contributed by atoms with E-state index in [0.29, 0.717) is 10.6 Å². The average Bonchev–Trinajstić information content (AvgIpc) is 2.12. The predicted molar refractivity (Wildman–Crippen MR) is 61.5 cm³/mol. The Kier molecular flexibility index (Phi) is 3.76. The second-order valence-electron chi connectivity index (χ2n) is 2.59. The molecule has 0 heterocycles. The highest BCUT2D eigenvalue weighted by molar-refractivity contribution is 6.36. The maximum atomic E-state index is 9.49. The Bertz CT molecular complexity index is 427. The number of rotatable bonds is 2. The third kappa shape index (κ3) is 3.30. The molecule has 0 saturated heterocycles. The van der Waals surface area contributed by atoms with Crippen molar-refractivity contribution in [1.82, 2.24) is 0 Å². The molecule has 5 N–H and O–H groups in total. The highest BCUT2D eigenvalue weighted by Crippen LogP contribution is 2.29. The van der Waals surface area contributed by atoms with Gasteiger partial charge < -0.3 is 16.6 Å². The fraction of sp³-hybridized carbons (Fsp3) is 0. The summed E-state index contributed by atoms with van der Waals surface area (Å²) in [6.45, 7) is 0. The van der Waals surface area contributed by atoms with Crippen LogP contribution in [0.1, 0.15) is 5.56 Å². The van der Waals surface area contributed by atoms with Crippen LogP contribution in [0.3, 0.4) is 0 Å². The molecule has 5 nitrogen and oxygen atoms in total. The Morgan fingerprint density at radius 1 is 1.33 bits per heavy atom. The molecule has 0 aliphatic carbocycles. The first-order valence-corrected chi connectivity index (χ1v) is 4.56. The van der Waals surface area contributed by atoms with Crippen molar-refractivity contribution in [2.45, 2.75) is 0 Å². The molecule has 0 bridgehead atoms. The van der Waals surface area contributed by atoms with E-state index in [9.17, 15) is 5.11 Å². The van der Waals surface area contributed by atoms with Crippen LogP contribution in [0, 0.1) is 0 Å². The maximum absolute atomic E-state index is 9.49. The molecule has 0 aliphatic heterocycles. The number of nitrogens with zero attached hydrogens (tertiary/aromatic N) is 2. The van der Waals surface area contributed by atoms with Gasteiger partial charge in [-0.1, -0.05) is 23.2 Å². The topological polar surface area (TPSA) is 97.0 Å². The SMILES string of the molecule is NC(N)=NN=Cc1cc(Cl)cc(Cl)c1O. The minimum absolute atomic E-state index is 0.129. The lowest BCUT2D eigenvalue weighted by molar-refractivity contribution is 0.474. The fourth-order valence-electron chi connectivity index (χ4n) is 0.842. The summed E-state index contributed by atoms with van der Waals surface area (Å²) in [5.74, 6) is -0.311. The van der Waals surface area contributed by atoms with Crippen molar-refractivity contribution in [2.75, 3.05) is 0 Å². The molecule has 0 unspecified atom stereocenters. The molecular formula is C8H8Cl2N4O. The number of aromatic hydroxyl groups is 1. The maximum Gasteiger partial charge on any atom is 0.211 e. The van der Waals surface area contributed by atoms with E-state index >= 15 is 0 Å². The van der Waals surface area contributed by atoms with E-state index in [1.807, 2.05) is 0 Å². The summed E-state index contributed by atoms with van der Waals surface area (Å²) in [5, 5.41) is 16.9. The van der Waals surface area contributed by atoms with Gasteiger partial charge in [-0.05, 0) is 12.1 Å². The summed E-state index contributed by atoms with van der Waals surface area (Å²) >= 11 is 11.4. The molecule has 0 aromatic heterocycles. The number of phenolic OH excluding ortho intramolecular Hbond substituents is 1. The molecule has 0 fully saturated rings. The Hall–Kier alpha value is -1.46. The average molecular weight is 247 g/mol. The largest absolute Gasteiger partial charge is 0.506 e. The molecule has 0 radical (unpaired) electrons. The number of benzene rings is 1. The van der Waals surface area contributed by atoms with Gasteiger partial charge in [-0.15, -0.1) is 5.10 Å². The second kappa shape index (κ2) is 4.86. The van der Waals surface area contributed by atoms with Crippen LogP contribution in [0.15, 0.2) is 22.3 Å². The number of hydrogen-bond acceptors (Lipinski definition) is 3. The van der Waals surface area contributed by atoms with Crippen LogP contribution in [0.25, 0.3) is 0 Å². The smallest absolute Gasteiger partial charge is 0.211 e. The third-order valence-electron chi connectivity index (χ3n) is 1.43. The third-order valence-corrected chi connectivity index (χ3v) is 1.93. The van der Waals surface area contributed by atoms with Gasteiger partial charge in [0.1, 0.15) is 5.75 Å². The summed E-state index contributed by atoms with van der Waals surface area (Å²) in [6, 6.07) is 2.89. The Balaban J connectivity index is 3.05. The molecule has 80 valence electrons. The van der Waals surface area contributed by atoms with E-state index in [1.54, 1.807) is 0 Å². The van der Waals surface area contributed by atoms with Gasteiger partial charge in [-0.2, -0.15) is 5.10 Å². The first-order chi connectivity index (χ1) is 7.00. The van der Waals surface area contributed by atoms with E-state index in [2.05, 4.69) is 10.2 Å². The van der Waals surface area contributed by atoms with Crippen LogP contribution in [0.5, 0.6) is 5.75 Å². The van der Waals surface area contributed by atoms with Crippen molar-refractivity contribution in [3.05, 3.63) is 27.7 Å². The van der Waals surface area contributed by atoms with E-state index in [1.165, 1.54) is 18.3 Å². The van der Waals surface area contributed by atoms with Gasteiger partial charge in [0.05, 0.1) is 11.2 Å². The molecule has 0 spiro atoms. The van der Waals surface area contributed by atoms with E-state index in [0.717, 1.165) is 0 Å². The van der Waals surface area contributed by atoms with Crippen LogP contribution < -0.4 is 11.5 Å². The quantitative estimate of drug-likeness (QED) is 0.417. The van der Waals surface area contributed by atoms with Crippen molar-refractivity contribution >= 4 is 35.4 Å². The van der Waals surface area contributed by atoms with Crippen molar-refractivity contribution < 1.29 is 5.11 Å². The fourth-order valence-corrected chi connectivity index (χ4v) is 1.35. The van der Waals surface area contributed by atoms with Crippen LogP contribution in [0.4, 0.5) is 0 Å². The highest BCUT2D eigenvalue weighted by Gasteiger charge is 2.05. The van der Waals surface area contributed by atoms with Gasteiger partial charge in [0.25, 0.3) is 0 Å². The lowest BCUT2D eigenvalue weighted by Gasteiger charge is -2.01. The molecule has 0 amide bonds. The van der Waals surface area contributed by atoms with Gasteiger partial charge in [0.15, 0.2) is 0 Å². The standard InChI is InChI=1S/C8H8Cl2N4O/c9-5-1-4(3-13-14-8(11)12)7(15)6(10)2-5/h1-3,15H,(H4,11,12,14). The molecule has 0 saturated carbocycles. The number of phenols is 1. The number of halogens is 2. The zero-order valence-electron chi connectivity index (χ0n) is 7.48. The Morgan fingerprint density at radius 3 is 2.60 bits per heavy atom. The molecule has 1 aromatic carbocycles. The molecule has 7 heteroatoms. The number of guanidine groups is 1. The van der Waals surface area contributed by atoms with E-state index < -0.39 is 0 Å². The van der Waals surface area contributed by atoms with Gasteiger partial charge in [0, 0.05) is 10.6 Å². The summed E-state index contributed by atoms with van der Waals surface area (Å²) in [6.07, 6.45) is 1.24. The molecular weight excluding hydrogens is 239 g/mol. The summed E-state index contributed by atoms with van der Waals surface area (Å²) < 4.78 is 0. The molecule has 1 aromatic rings. The molecule has 15 heavy (non-hydrogen) atoms. The first-order valence-electron chi connectivity index (χ1n) is 3.80. The summed E-state index contributed by atoms with van der Waals surface area (Å²) in [7, 11) is 0. The lowest BCUT2D eigenvalue weighted by Crippen LogP contribution is -2.21. The van der Waals surface area contributed by atoms with E-state index in [4.69, 9.17) is 34.7 Å². The highest BCUT2D eigenvalue weighted by atomic mass is 35.5. The zero-order chi connectivity index (χ0) is 11.4. The van der Waals surface area contributed by atoms with Crippen LogP contribution in [0.2, 0.25) is 10.0 Å². The van der Waals surface area contributed by atoms with Crippen molar-refractivity contribution in [3.8, 4) is 5.75 Å². The van der Waals surface area contributed by atoms with Gasteiger partial charge in [0.2, 0.25) is 5.96 Å². The lowest BCUT2D eigenvalue weighted by atomic mass is 10.2. The minimum atomic E-state index is -0.182. The first kappa shape index (κ1) is 11.6. The van der Waals surface area contributed by atoms with Crippen LogP contribution in [-0.2, 0) is 0 Å². The second-order valence-corrected chi connectivity index (χ2v) is 3.44. The van der Waals surface area contributed by atoms with Gasteiger partial charge in [-0.3, -0.25) is 0 Å². The van der Waals surface area contributed by atoms with Crippen molar-refractivity contribution in [1.29, 1.82) is 0 Å². The van der Waals surface area contributed by atoms with Gasteiger partial charge >= 0.3 is 0 Å². The minimum Gasteiger partial charge on any atom is -0.506 e. The molecule has 0 aliphatic rings. The predicted octanol–water partition coefficient (Wildman–Crippen LogP) is 1.31. The summed E-state index contributed by atoms with van der Waals surface area (Å²) in [4.78, 5) is 0. The Morgan fingerprint density at radius 2 is 2.00 bits per heavy atom. The number of hydrogen-bond donors (Lipinski definition) is 3.